The van der Waals surface area contributed by atoms with E-state index in [2.05, 4.69) is 48.4 Å². The van der Waals surface area contributed by atoms with Gasteiger partial charge in [-0.1, -0.05) is 77.0 Å². The van der Waals surface area contributed by atoms with Crippen LogP contribution in [0.2, 0.25) is 0 Å². The van der Waals surface area contributed by atoms with Crippen LogP contribution >= 0.6 is 11.3 Å². The summed E-state index contributed by atoms with van der Waals surface area (Å²) in [6.45, 7) is 6.81. The molecular weight excluding hydrogens is 438 g/mol. The van der Waals surface area contributed by atoms with Gasteiger partial charge in [0.15, 0.2) is 0 Å². The Balaban J connectivity index is 1.46. The molecule has 2 aromatic rings. The van der Waals surface area contributed by atoms with E-state index in [0.717, 1.165) is 57.4 Å². The number of benzene rings is 1. The SMILES string of the molecule is CCCCCCCCCCC(=O)Oc1cccc2c1CCC(N(CCC)CCc1cccs1)C2. The van der Waals surface area contributed by atoms with Crippen LogP contribution in [0.4, 0.5) is 0 Å². The first-order chi connectivity index (χ1) is 16.7. The number of esters is 1. The zero-order chi connectivity index (χ0) is 24.0. The fourth-order valence-electron chi connectivity index (χ4n) is 5.21. The van der Waals surface area contributed by atoms with E-state index in [1.54, 1.807) is 0 Å². The number of ether oxygens (including phenoxy) is 1. The summed E-state index contributed by atoms with van der Waals surface area (Å²) in [5.41, 5.74) is 2.63. The fourth-order valence-corrected chi connectivity index (χ4v) is 5.91. The number of thiophene rings is 1. The van der Waals surface area contributed by atoms with E-state index < -0.39 is 0 Å². The van der Waals surface area contributed by atoms with Gasteiger partial charge in [-0.15, -0.1) is 11.3 Å². The summed E-state index contributed by atoms with van der Waals surface area (Å²) >= 11 is 1.86. The van der Waals surface area contributed by atoms with Gasteiger partial charge in [-0.2, -0.15) is 0 Å². The first-order valence-corrected chi connectivity index (χ1v) is 14.7. The van der Waals surface area contributed by atoms with Crippen LogP contribution < -0.4 is 4.74 Å². The quantitative estimate of drug-likeness (QED) is 0.138. The molecular formula is C30H45NO2S. The Hall–Kier alpha value is -1.65. The van der Waals surface area contributed by atoms with Crippen LogP contribution in [0.25, 0.3) is 0 Å². The predicted molar refractivity (Wildman–Crippen MR) is 145 cm³/mol. The van der Waals surface area contributed by atoms with E-state index in [1.165, 1.54) is 60.9 Å². The van der Waals surface area contributed by atoms with Crippen LogP contribution in [0.5, 0.6) is 5.75 Å². The van der Waals surface area contributed by atoms with Crippen molar-refractivity contribution in [2.75, 3.05) is 13.1 Å². The topological polar surface area (TPSA) is 29.5 Å². The van der Waals surface area contributed by atoms with Gasteiger partial charge in [0, 0.05) is 23.9 Å². The number of fused-ring (bicyclic) bond motifs is 1. The molecule has 0 N–H and O–H groups in total. The molecule has 1 aliphatic rings. The Morgan fingerprint density at radius 3 is 2.50 bits per heavy atom. The first kappa shape index (κ1) is 26.9. The Labute approximate surface area is 211 Å². The summed E-state index contributed by atoms with van der Waals surface area (Å²) < 4.78 is 5.86. The average molecular weight is 484 g/mol. The van der Waals surface area contributed by atoms with Crippen molar-refractivity contribution < 1.29 is 9.53 Å². The van der Waals surface area contributed by atoms with Gasteiger partial charge in [-0.3, -0.25) is 9.69 Å². The van der Waals surface area contributed by atoms with Crippen molar-refractivity contribution in [2.24, 2.45) is 0 Å². The van der Waals surface area contributed by atoms with Crippen LogP contribution in [0.3, 0.4) is 0 Å². The second-order valence-corrected chi connectivity index (χ2v) is 10.9. The van der Waals surface area contributed by atoms with Gasteiger partial charge in [0.05, 0.1) is 0 Å². The molecule has 0 saturated carbocycles. The second kappa shape index (κ2) is 15.4. The number of hydrogen-bond acceptors (Lipinski definition) is 4. The average Bonchev–Trinajstić information content (AvgIpc) is 3.37. The van der Waals surface area contributed by atoms with E-state index >= 15 is 0 Å². The molecule has 0 amide bonds. The molecule has 1 aromatic heterocycles. The van der Waals surface area contributed by atoms with Crippen molar-refractivity contribution in [3.8, 4) is 5.75 Å². The number of rotatable bonds is 16. The maximum atomic E-state index is 12.5. The molecule has 3 rings (SSSR count). The largest absolute Gasteiger partial charge is 0.426 e. The molecule has 0 fully saturated rings. The van der Waals surface area contributed by atoms with E-state index in [0.29, 0.717) is 12.5 Å². The van der Waals surface area contributed by atoms with Crippen LogP contribution in [0.1, 0.15) is 100 Å². The summed E-state index contributed by atoms with van der Waals surface area (Å²) in [6, 6.07) is 11.3. The summed E-state index contributed by atoms with van der Waals surface area (Å²) in [6.07, 6.45) is 16.0. The van der Waals surface area contributed by atoms with Gasteiger partial charge >= 0.3 is 5.97 Å². The predicted octanol–water partition coefficient (Wildman–Crippen LogP) is 8.00. The minimum Gasteiger partial charge on any atom is -0.426 e. The Morgan fingerprint density at radius 2 is 1.76 bits per heavy atom. The van der Waals surface area contributed by atoms with Gasteiger partial charge in [-0.05, 0) is 73.7 Å². The summed E-state index contributed by atoms with van der Waals surface area (Å²) in [5, 5.41) is 2.17. The normalized spacial score (nSPS) is 15.4. The van der Waals surface area contributed by atoms with Crippen LogP contribution in [-0.2, 0) is 24.1 Å². The summed E-state index contributed by atoms with van der Waals surface area (Å²) in [4.78, 5) is 16.7. The highest BCUT2D eigenvalue weighted by atomic mass is 32.1. The molecule has 4 heteroatoms. The Kier molecular flexibility index (Phi) is 12.2. The Morgan fingerprint density at radius 1 is 0.971 bits per heavy atom. The maximum absolute atomic E-state index is 12.5. The lowest BCUT2D eigenvalue weighted by Crippen LogP contribution is -2.41. The van der Waals surface area contributed by atoms with Crippen molar-refractivity contribution in [1.82, 2.24) is 4.90 Å². The van der Waals surface area contributed by atoms with E-state index in [9.17, 15) is 4.79 Å². The third kappa shape index (κ3) is 8.85. The molecule has 1 atom stereocenters. The highest BCUT2D eigenvalue weighted by Crippen LogP contribution is 2.32. The third-order valence-corrected chi connectivity index (χ3v) is 8.06. The van der Waals surface area contributed by atoms with Gasteiger partial charge in [0.25, 0.3) is 0 Å². The van der Waals surface area contributed by atoms with Gasteiger partial charge in [-0.25, -0.2) is 0 Å². The molecule has 0 spiro atoms. The van der Waals surface area contributed by atoms with Gasteiger partial charge in [0.2, 0.25) is 0 Å². The number of carbonyl (C=O) groups is 1. The molecule has 0 bridgehead atoms. The summed E-state index contributed by atoms with van der Waals surface area (Å²) in [7, 11) is 0. The molecule has 188 valence electrons. The Bertz CT molecular complexity index is 832. The number of hydrogen-bond donors (Lipinski definition) is 0. The minimum atomic E-state index is -0.0648. The molecule has 1 aromatic carbocycles. The molecule has 0 aliphatic heterocycles. The monoisotopic (exact) mass is 483 g/mol. The zero-order valence-electron chi connectivity index (χ0n) is 21.5. The van der Waals surface area contributed by atoms with Crippen LogP contribution in [0.15, 0.2) is 35.7 Å². The standard InChI is InChI=1S/C30H45NO2S/c1-3-5-6-7-8-9-10-11-17-30(32)33-29-16-12-14-25-24-26(18-19-28(25)29)31(21-4-2)22-20-27-15-13-23-34-27/h12-16,23,26H,3-11,17-22,24H2,1-2H3. The second-order valence-electron chi connectivity index (χ2n) is 9.85. The van der Waals surface area contributed by atoms with Crippen molar-refractivity contribution in [1.29, 1.82) is 0 Å². The first-order valence-electron chi connectivity index (χ1n) is 13.8. The van der Waals surface area contributed by atoms with Crippen molar-refractivity contribution in [3.63, 3.8) is 0 Å². The molecule has 34 heavy (non-hydrogen) atoms. The van der Waals surface area contributed by atoms with Crippen molar-refractivity contribution in [2.45, 2.75) is 110 Å². The van der Waals surface area contributed by atoms with E-state index in [1.807, 2.05) is 17.4 Å². The lowest BCUT2D eigenvalue weighted by atomic mass is 9.86. The molecule has 0 saturated heterocycles. The molecule has 1 heterocycles. The van der Waals surface area contributed by atoms with Gasteiger partial charge < -0.3 is 4.74 Å². The smallest absolute Gasteiger partial charge is 0.311 e. The zero-order valence-corrected chi connectivity index (χ0v) is 22.3. The highest BCUT2D eigenvalue weighted by molar-refractivity contribution is 7.09. The highest BCUT2D eigenvalue weighted by Gasteiger charge is 2.26. The lowest BCUT2D eigenvalue weighted by Gasteiger charge is -2.35. The van der Waals surface area contributed by atoms with Gasteiger partial charge in [0.1, 0.15) is 5.75 Å². The van der Waals surface area contributed by atoms with E-state index in [-0.39, 0.29) is 5.97 Å². The third-order valence-electron chi connectivity index (χ3n) is 7.12. The fraction of sp³-hybridized carbons (Fsp3) is 0.633. The molecule has 1 unspecified atom stereocenters. The number of carbonyl (C=O) groups excluding carboxylic acids is 1. The van der Waals surface area contributed by atoms with Crippen LogP contribution in [-0.4, -0.2) is 30.0 Å². The van der Waals surface area contributed by atoms with E-state index in [4.69, 9.17) is 4.74 Å². The van der Waals surface area contributed by atoms with Crippen LogP contribution in [0, 0.1) is 0 Å². The molecule has 0 radical (unpaired) electrons. The number of nitrogens with zero attached hydrogens (tertiary/aromatic N) is 1. The van der Waals surface area contributed by atoms with Crippen molar-refractivity contribution in [3.05, 3.63) is 51.7 Å². The van der Waals surface area contributed by atoms with Crippen molar-refractivity contribution >= 4 is 17.3 Å². The molecule has 1 aliphatic carbocycles. The minimum absolute atomic E-state index is 0.0648. The number of unbranched alkanes of at least 4 members (excludes halogenated alkanes) is 7. The lowest BCUT2D eigenvalue weighted by molar-refractivity contribution is -0.134. The summed E-state index contributed by atoms with van der Waals surface area (Å²) in [5.74, 6) is 0.742. The molecule has 3 nitrogen and oxygen atoms in total. The maximum Gasteiger partial charge on any atom is 0.311 e.